The van der Waals surface area contributed by atoms with Crippen LogP contribution in [-0.4, -0.2) is 24.4 Å². The Bertz CT molecular complexity index is 436. The summed E-state index contributed by atoms with van der Waals surface area (Å²) in [6.45, 7) is 7.97. The van der Waals surface area contributed by atoms with Crippen molar-refractivity contribution in [2.24, 2.45) is 0 Å². The second kappa shape index (κ2) is 6.92. The molecule has 2 amide bonds. The number of benzene rings is 1. The molecule has 0 unspecified atom stereocenters. The highest BCUT2D eigenvalue weighted by Crippen LogP contribution is 2.14. The van der Waals surface area contributed by atoms with Crippen molar-refractivity contribution in [1.29, 1.82) is 0 Å². The summed E-state index contributed by atoms with van der Waals surface area (Å²) in [6, 6.07) is 7.52. The van der Waals surface area contributed by atoms with Crippen LogP contribution >= 0.6 is 0 Å². The van der Waals surface area contributed by atoms with E-state index in [2.05, 4.69) is 24.5 Å². The van der Waals surface area contributed by atoms with Crippen molar-refractivity contribution in [2.45, 2.75) is 39.7 Å². The molecule has 104 valence electrons. The van der Waals surface area contributed by atoms with Crippen LogP contribution in [0.1, 0.15) is 49.5 Å². The van der Waals surface area contributed by atoms with Crippen LogP contribution in [0.25, 0.3) is 0 Å². The lowest BCUT2D eigenvalue weighted by Crippen LogP contribution is -2.39. The summed E-state index contributed by atoms with van der Waals surface area (Å²) in [5, 5.41) is 5.32. The Morgan fingerprint density at radius 3 is 2.11 bits per heavy atom. The lowest BCUT2D eigenvalue weighted by Gasteiger charge is -2.10. The maximum Gasteiger partial charge on any atom is 0.251 e. The number of hydrogen-bond acceptors (Lipinski definition) is 2. The highest BCUT2D eigenvalue weighted by Gasteiger charge is 2.09. The van der Waals surface area contributed by atoms with Gasteiger partial charge in [0.2, 0.25) is 5.91 Å². The van der Waals surface area contributed by atoms with Gasteiger partial charge in [0, 0.05) is 11.6 Å². The van der Waals surface area contributed by atoms with E-state index >= 15 is 0 Å². The van der Waals surface area contributed by atoms with Gasteiger partial charge in [-0.15, -0.1) is 0 Å². The summed E-state index contributed by atoms with van der Waals surface area (Å²) in [7, 11) is 0. The molecular weight excluding hydrogens is 240 g/mol. The lowest BCUT2D eigenvalue weighted by molar-refractivity contribution is -0.120. The van der Waals surface area contributed by atoms with Gasteiger partial charge in [0.25, 0.3) is 5.91 Å². The molecule has 0 saturated heterocycles. The van der Waals surface area contributed by atoms with Gasteiger partial charge in [0.1, 0.15) is 0 Å². The number of nitrogens with one attached hydrogen (secondary N) is 2. The van der Waals surface area contributed by atoms with Gasteiger partial charge in [-0.1, -0.05) is 26.0 Å². The van der Waals surface area contributed by atoms with E-state index in [1.54, 1.807) is 12.1 Å². The van der Waals surface area contributed by atoms with Crippen LogP contribution in [0.2, 0.25) is 0 Å². The van der Waals surface area contributed by atoms with E-state index in [4.69, 9.17) is 0 Å². The minimum Gasteiger partial charge on any atom is -0.352 e. The van der Waals surface area contributed by atoms with Gasteiger partial charge in [-0.05, 0) is 37.5 Å². The smallest absolute Gasteiger partial charge is 0.251 e. The van der Waals surface area contributed by atoms with Gasteiger partial charge in [0.05, 0.1) is 6.54 Å². The van der Waals surface area contributed by atoms with Gasteiger partial charge in [-0.25, -0.2) is 0 Å². The van der Waals surface area contributed by atoms with Gasteiger partial charge >= 0.3 is 0 Å². The standard InChI is InChI=1S/C15H22N2O2/c1-10(2)12-5-7-13(8-6-12)15(19)16-9-14(18)17-11(3)4/h5-8,10-11H,9H2,1-4H3,(H,16,19)(H,17,18). The molecule has 1 aromatic carbocycles. The highest BCUT2D eigenvalue weighted by molar-refractivity contribution is 5.96. The van der Waals surface area contributed by atoms with Crippen molar-refractivity contribution in [3.05, 3.63) is 35.4 Å². The predicted octanol–water partition coefficient (Wildman–Crippen LogP) is 2.06. The van der Waals surface area contributed by atoms with E-state index < -0.39 is 0 Å². The quantitative estimate of drug-likeness (QED) is 0.853. The SMILES string of the molecule is CC(C)NC(=O)CNC(=O)c1ccc(C(C)C)cc1. The van der Waals surface area contributed by atoms with Gasteiger partial charge in [-0.2, -0.15) is 0 Å². The van der Waals surface area contributed by atoms with Crippen LogP contribution in [0.5, 0.6) is 0 Å². The fourth-order valence-electron chi connectivity index (χ4n) is 1.66. The summed E-state index contributed by atoms with van der Waals surface area (Å²) in [5.41, 5.74) is 1.76. The molecule has 1 rings (SSSR count). The normalized spacial score (nSPS) is 10.6. The first-order chi connectivity index (χ1) is 8.90. The zero-order valence-corrected chi connectivity index (χ0v) is 12.0. The second-order valence-electron chi connectivity index (χ2n) is 5.18. The molecule has 0 saturated carbocycles. The van der Waals surface area contributed by atoms with E-state index in [-0.39, 0.29) is 24.4 Å². The fourth-order valence-corrected chi connectivity index (χ4v) is 1.66. The summed E-state index contributed by atoms with van der Waals surface area (Å²) < 4.78 is 0. The number of rotatable bonds is 5. The fraction of sp³-hybridized carbons (Fsp3) is 0.467. The molecule has 0 aliphatic rings. The maximum absolute atomic E-state index is 11.8. The summed E-state index contributed by atoms with van der Waals surface area (Å²) in [6.07, 6.45) is 0. The van der Waals surface area contributed by atoms with Crippen molar-refractivity contribution in [2.75, 3.05) is 6.54 Å². The number of carbonyl (C=O) groups is 2. The predicted molar refractivity (Wildman–Crippen MR) is 76.1 cm³/mol. The number of hydrogen-bond donors (Lipinski definition) is 2. The summed E-state index contributed by atoms with van der Waals surface area (Å²) in [5.74, 6) is 0.0327. The molecule has 0 fully saturated rings. The maximum atomic E-state index is 11.8. The zero-order valence-electron chi connectivity index (χ0n) is 12.0. The Balaban J connectivity index is 2.52. The van der Waals surface area contributed by atoms with E-state index in [1.807, 2.05) is 26.0 Å². The number of carbonyl (C=O) groups excluding carboxylic acids is 2. The molecule has 0 atom stereocenters. The minimum atomic E-state index is -0.228. The summed E-state index contributed by atoms with van der Waals surface area (Å²) in [4.78, 5) is 23.2. The van der Waals surface area contributed by atoms with Crippen LogP contribution in [0.4, 0.5) is 0 Å². The Morgan fingerprint density at radius 1 is 1.05 bits per heavy atom. The van der Waals surface area contributed by atoms with E-state index in [9.17, 15) is 9.59 Å². The minimum absolute atomic E-state index is 0.00292. The largest absolute Gasteiger partial charge is 0.352 e. The Labute approximate surface area is 114 Å². The molecule has 2 N–H and O–H groups in total. The van der Waals surface area contributed by atoms with Gasteiger partial charge in [0.15, 0.2) is 0 Å². The van der Waals surface area contributed by atoms with Crippen molar-refractivity contribution >= 4 is 11.8 Å². The molecule has 19 heavy (non-hydrogen) atoms. The lowest BCUT2D eigenvalue weighted by atomic mass is 10.0. The third-order valence-corrected chi connectivity index (χ3v) is 2.70. The zero-order chi connectivity index (χ0) is 14.4. The first kappa shape index (κ1) is 15.2. The molecule has 0 spiro atoms. The average molecular weight is 262 g/mol. The van der Waals surface area contributed by atoms with E-state index in [0.29, 0.717) is 11.5 Å². The second-order valence-corrected chi connectivity index (χ2v) is 5.18. The molecule has 0 aliphatic carbocycles. The Hall–Kier alpha value is -1.84. The number of amides is 2. The van der Waals surface area contributed by atoms with Crippen LogP contribution in [0.3, 0.4) is 0 Å². The molecule has 0 aliphatic heterocycles. The van der Waals surface area contributed by atoms with Crippen molar-refractivity contribution in [3.8, 4) is 0 Å². The molecule has 4 nitrogen and oxygen atoms in total. The third-order valence-electron chi connectivity index (χ3n) is 2.70. The molecule has 0 radical (unpaired) electrons. The molecular formula is C15H22N2O2. The van der Waals surface area contributed by atoms with E-state index in [0.717, 1.165) is 0 Å². The topological polar surface area (TPSA) is 58.2 Å². The molecule has 0 heterocycles. The van der Waals surface area contributed by atoms with Crippen LogP contribution < -0.4 is 10.6 Å². The first-order valence-electron chi connectivity index (χ1n) is 6.57. The average Bonchev–Trinajstić information content (AvgIpc) is 2.35. The molecule has 1 aromatic rings. The van der Waals surface area contributed by atoms with Crippen LogP contribution in [0, 0.1) is 0 Å². The Kier molecular flexibility index (Phi) is 5.55. The van der Waals surface area contributed by atoms with Crippen molar-refractivity contribution < 1.29 is 9.59 Å². The molecule has 0 aromatic heterocycles. The third kappa shape index (κ3) is 5.12. The van der Waals surface area contributed by atoms with Crippen molar-refractivity contribution in [3.63, 3.8) is 0 Å². The monoisotopic (exact) mass is 262 g/mol. The first-order valence-corrected chi connectivity index (χ1v) is 6.57. The Morgan fingerprint density at radius 2 is 1.63 bits per heavy atom. The van der Waals surface area contributed by atoms with Crippen LogP contribution in [0.15, 0.2) is 24.3 Å². The van der Waals surface area contributed by atoms with Crippen LogP contribution in [-0.2, 0) is 4.79 Å². The van der Waals surface area contributed by atoms with Gasteiger partial charge in [-0.3, -0.25) is 9.59 Å². The van der Waals surface area contributed by atoms with E-state index in [1.165, 1.54) is 5.56 Å². The molecule has 0 bridgehead atoms. The molecule has 4 heteroatoms. The van der Waals surface area contributed by atoms with Crippen molar-refractivity contribution in [1.82, 2.24) is 10.6 Å². The summed E-state index contributed by atoms with van der Waals surface area (Å²) >= 11 is 0. The van der Waals surface area contributed by atoms with Gasteiger partial charge < -0.3 is 10.6 Å². The highest BCUT2D eigenvalue weighted by atomic mass is 16.2.